The second kappa shape index (κ2) is 5.80. The molecule has 1 unspecified atom stereocenters. The molecule has 2 rings (SSSR count). The third-order valence-electron chi connectivity index (χ3n) is 3.70. The minimum atomic E-state index is -0.941. The van der Waals surface area contributed by atoms with Gasteiger partial charge in [0.15, 0.2) is 0 Å². The number of carbonyl (C=O) groups excluding carboxylic acids is 1. The summed E-state index contributed by atoms with van der Waals surface area (Å²) in [6, 6.07) is -0.621. The molecule has 0 heterocycles. The van der Waals surface area contributed by atoms with Crippen molar-refractivity contribution in [3.8, 4) is 0 Å². The largest absolute Gasteiger partial charge is 0.480 e. The number of urea groups is 1. The van der Waals surface area contributed by atoms with Crippen LogP contribution in [0.3, 0.4) is 0 Å². The van der Waals surface area contributed by atoms with Crippen molar-refractivity contribution in [2.24, 2.45) is 11.8 Å². The fourth-order valence-electron chi connectivity index (χ4n) is 2.29. The molecule has 5 nitrogen and oxygen atoms in total. The SMILES string of the molecule is CC(C)CC(NC(=O)N(CC1CC1)C1CC1)C(=O)O. The molecule has 5 heteroatoms. The van der Waals surface area contributed by atoms with Crippen LogP contribution in [0.4, 0.5) is 4.79 Å². The molecule has 1 atom stereocenters. The van der Waals surface area contributed by atoms with E-state index in [0.29, 0.717) is 18.4 Å². The van der Waals surface area contributed by atoms with Crippen LogP contribution in [0.5, 0.6) is 0 Å². The van der Waals surface area contributed by atoms with E-state index in [0.717, 1.165) is 19.4 Å². The first-order valence-corrected chi connectivity index (χ1v) is 7.27. The van der Waals surface area contributed by atoms with Crippen molar-refractivity contribution in [1.82, 2.24) is 10.2 Å². The number of carboxylic acid groups (broad SMARTS) is 1. The first-order chi connectivity index (χ1) is 8.97. The molecule has 0 aromatic rings. The van der Waals surface area contributed by atoms with E-state index in [1.807, 2.05) is 18.7 Å². The Balaban J connectivity index is 1.89. The van der Waals surface area contributed by atoms with Gasteiger partial charge in [-0.05, 0) is 43.9 Å². The number of nitrogens with zero attached hydrogens (tertiary/aromatic N) is 1. The predicted molar refractivity (Wildman–Crippen MR) is 71.9 cm³/mol. The fourth-order valence-corrected chi connectivity index (χ4v) is 2.29. The lowest BCUT2D eigenvalue weighted by Gasteiger charge is -2.25. The average molecular weight is 268 g/mol. The highest BCUT2D eigenvalue weighted by Gasteiger charge is 2.37. The van der Waals surface area contributed by atoms with Gasteiger partial charge in [-0.1, -0.05) is 13.8 Å². The number of hydrogen-bond acceptors (Lipinski definition) is 2. The van der Waals surface area contributed by atoms with E-state index >= 15 is 0 Å². The fraction of sp³-hybridized carbons (Fsp3) is 0.857. The normalized spacial score (nSPS) is 20.2. The molecule has 19 heavy (non-hydrogen) atoms. The topological polar surface area (TPSA) is 69.6 Å². The Morgan fingerprint density at radius 3 is 2.32 bits per heavy atom. The van der Waals surface area contributed by atoms with E-state index in [1.54, 1.807) is 0 Å². The van der Waals surface area contributed by atoms with E-state index < -0.39 is 12.0 Å². The highest BCUT2D eigenvalue weighted by Crippen LogP contribution is 2.34. The average Bonchev–Trinajstić information content (AvgIpc) is 3.16. The van der Waals surface area contributed by atoms with E-state index in [1.165, 1.54) is 12.8 Å². The van der Waals surface area contributed by atoms with Crippen molar-refractivity contribution in [2.75, 3.05) is 6.54 Å². The van der Waals surface area contributed by atoms with Crippen LogP contribution in [0.1, 0.15) is 46.0 Å². The van der Waals surface area contributed by atoms with Gasteiger partial charge in [-0.3, -0.25) is 0 Å². The highest BCUT2D eigenvalue weighted by atomic mass is 16.4. The van der Waals surface area contributed by atoms with Crippen LogP contribution in [-0.2, 0) is 4.79 Å². The molecular weight excluding hydrogens is 244 g/mol. The third kappa shape index (κ3) is 4.40. The molecule has 2 aliphatic carbocycles. The minimum absolute atomic E-state index is 0.192. The predicted octanol–water partition coefficient (Wildman–Crippen LogP) is 2.07. The molecule has 0 bridgehead atoms. The molecule has 0 aromatic heterocycles. The Bertz CT molecular complexity index is 349. The van der Waals surface area contributed by atoms with Crippen molar-refractivity contribution >= 4 is 12.0 Å². The van der Waals surface area contributed by atoms with Gasteiger partial charge in [0.1, 0.15) is 6.04 Å². The first-order valence-electron chi connectivity index (χ1n) is 7.27. The van der Waals surface area contributed by atoms with E-state index in [4.69, 9.17) is 5.11 Å². The minimum Gasteiger partial charge on any atom is -0.480 e. The zero-order chi connectivity index (χ0) is 14.0. The Morgan fingerprint density at radius 2 is 1.89 bits per heavy atom. The highest BCUT2D eigenvalue weighted by molar-refractivity contribution is 5.82. The third-order valence-corrected chi connectivity index (χ3v) is 3.70. The number of carbonyl (C=O) groups is 2. The van der Waals surface area contributed by atoms with Crippen molar-refractivity contribution < 1.29 is 14.7 Å². The van der Waals surface area contributed by atoms with Crippen LogP contribution in [0.25, 0.3) is 0 Å². The van der Waals surface area contributed by atoms with Gasteiger partial charge in [-0.2, -0.15) is 0 Å². The molecule has 0 saturated heterocycles. The monoisotopic (exact) mass is 268 g/mol. The molecule has 2 aliphatic rings. The van der Waals surface area contributed by atoms with Crippen molar-refractivity contribution in [1.29, 1.82) is 0 Å². The molecule has 0 aliphatic heterocycles. The summed E-state index contributed by atoms with van der Waals surface area (Å²) in [6.45, 7) is 4.72. The zero-order valence-electron chi connectivity index (χ0n) is 11.8. The second-order valence-electron chi connectivity index (χ2n) is 6.30. The van der Waals surface area contributed by atoms with Gasteiger partial charge in [0.2, 0.25) is 0 Å². The molecule has 2 amide bonds. The molecular formula is C14H24N2O3. The maximum Gasteiger partial charge on any atom is 0.326 e. The van der Waals surface area contributed by atoms with Crippen LogP contribution in [-0.4, -0.2) is 40.6 Å². The molecule has 2 N–H and O–H groups in total. The number of rotatable bonds is 7. The van der Waals surface area contributed by atoms with E-state index in [-0.39, 0.29) is 11.9 Å². The number of carboxylic acids is 1. The van der Waals surface area contributed by atoms with E-state index in [2.05, 4.69) is 5.32 Å². The van der Waals surface area contributed by atoms with Crippen LogP contribution in [0, 0.1) is 11.8 Å². The van der Waals surface area contributed by atoms with Crippen LogP contribution >= 0.6 is 0 Å². The van der Waals surface area contributed by atoms with Gasteiger partial charge in [-0.15, -0.1) is 0 Å². The quantitative estimate of drug-likeness (QED) is 0.742. The van der Waals surface area contributed by atoms with Crippen molar-refractivity contribution in [3.05, 3.63) is 0 Å². The van der Waals surface area contributed by atoms with Gasteiger partial charge < -0.3 is 15.3 Å². The van der Waals surface area contributed by atoms with Gasteiger partial charge in [0.25, 0.3) is 0 Å². The van der Waals surface area contributed by atoms with Crippen LogP contribution in [0.15, 0.2) is 0 Å². The summed E-state index contributed by atoms with van der Waals surface area (Å²) in [5.74, 6) is -0.0526. The van der Waals surface area contributed by atoms with E-state index in [9.17, 15) is 9.59 Å². The summed E-state index contributed by atoms with van der Waals surface area (Å²) in [6.07, 6.45) is 4.99. The summed E-state index contributed by atoms with van der Waals surface area (Å²) in [4.78, 5) is 25.3. The van der Waals surface area contributed by atoms with Crippen molar-refractivity contribution in [3.63, 3.8) is 0 Å². The number of amides is 2. The maximum absolute atomic E-state index is 12.2. The second-order valence-corrected chi connectivity index (χ2v) is 6.30. The van der Waals surface area contributed by atoms with Gasteiger partial charge in [-0.25, -0.2) is 9.59 Å². The number of aliphatic carboxylic acids is 1. The lowest BCUT2D eigenvalue weighted by molar-refractivity contribution is -0.139. The Hall–Kier alpha value is -1.26. The number of hydrogen-bond donors (Lipinski definition) is 2. The molecule has 0 spiro atoms. The standard InChI is InChI=1S/C14H24N2O3/c1-9(2)7-12(13(17)18)15-14(19)16(11-5-6-11)8-10-3-4-10/h9-12H,3-8H2,1-2H3,(H,15,19)(H,17,18). The summed E-state index contributed by atoms with van der Waals surface area (Å²) >= 11 is 0. The summed E-state index contributed by atoms with van der Waals surface area (Å²) in [5.41, 5.74) is 0. The Kier molecular flexibility index (Phi) is 4.32. The van der Waals surface area contributed by atoms with Crippen molar-refractivity contribution in [2.45, 2.75) is 58.0 Å². The summed E-state index contributed by atoms with van der Waals surface area (Å²) in [7, 11) is 0. The summed E-state index contributed by atoms with van der Waals surface area (Å²) < 4.78 is 0. The molecule has 2 fully saturated rings. The first kappa shape index (κ1) is 14.2. The molecule has 2 saturated carbocycles. The van der Waals surface area contributed by atoms with Crippen LogP contribution in [0.2, 0.25) is 0 Å². The Morgan fingerprint density at radius 1 is 1.26 bits per heavy atom. The molecule has 108 valence electrons. The lowest BCUT2D eigenvalue weighted by Crippen LogP contribution is -2.49. The molecule has 0 radical (unpaired) electrons. The molecule has 0 aromatic carbocycles. The summed E-state index contributed by atoms with van der Waals surface area (Å²) in [5, 5.41) is 11.9. The maximum atomic E-state index is 12.2. The van der Waals surface area contributed by atoms with Gasteiger partial charge >= 0.3 is 12.0 Å². The van der Waals surface area contributed by atoms with Crippen LogP contribution < -0.4 is 5.32 Å². The van der Waals surface area contributed by atoms with Gasteiger partial charge in [0.05, 0.1) is 0 Å². The smallest absolute Gasteiger partial charge is 0.326 e. The zero-order valence-corrected chi connectivity index (χ0v) is 11.8. The van der Waals surface area contributed by atoms with Gasteiger partial charge in [0, 0.05) is 12.6 Å². The Labute approximate surface area is 114 Å². The number of nitrogens with one attached hydrogen (secondary N) is 1. The lowest BCUT2D eigenvalue weighted by atomic mass is 10.0.